The minimum absolute atomic E-state index is 0.0298. The molecule has 1 N–H and O–H groups in total. The summed E-state index contributed by atoms with van der Waals surface area (Å²) in [5.41, 5.74) is -3.30. The van der Waals surface area contributed by atoms with Crippen LogP contribution < -0.4 is 0 Å². The van der Waals surface area contributed by atoms with Gasteiger partial charge in [-0.25, -0.2) is 0 Å². The lowest BCUT2D eigenvalue weighted by Gasteiger charge is -2.16. The fourth-order valence-corrected chi connectivity index (χ4v) is 1.67. The molecule has 1 rings (SSSR count). The topological polar surface area (TPSA) is 20.2 Å². The lowest BCUT2D eigenvalue weighted by atomic mass is 9.98. The number of rotatable bonds is 3. The zero-order valence-electron chi connectivity index (χ0n) is 10.9. The summed E-state index contributed by atoms with van der Waals surface area (Å²) in [6.45, 7) is 1.54. The largest absolute Gasteiger partial charge is 0.416 e. The Labute approximate surface area is 117 Å². The highest BCUT2D eigenvalue weighted by Gasteiger charge is 2.37. The van der Waals surface area contributed by atoms with Gasteiger partial charge < -0.3 is 5.11 Å². The molecule has 1 atom stereocenters. The number of hydrogen-bond acceptors (Lipinski definition) is 1. The Bertz CT molecular complexity index is 515. The molecule has 0 saturated carbocycles. The van der Waals surface area contributed by atoms with Crippen LogP contribution in [-0.4, -0.2) is 5.11 Å². The number of alkyl halides is 6. The Morgan fingerprint density at radius 2 is 1.48 bits per heavy atom. The van der Waals surface area contributed by atoms with Crippen LogP contribution in [0.15, 0.2) is 18.2 Å². The van der Waals surface area contributed by atoms with Crippen LogP contribution in [0.2, 0.25) is 0 Å². The summed E-state index contributed by atoms with van der Waals surface area (Å²) >= 11 is 0. The predicted octanol–water partition coefficient (Wildman–Crippen LogP) is 4.56. The average Bonchev–Trinajstić information content (AvgIpc) is 2.36. The third kappa shape index (κ3) is 4.97. The zero-order valence-corrected chi connectivity index (χ0v) is 10.9. The smallest absolute Gasteiger partial charge is 0.388 e. The molecular weight excluding hydrogens is 298 g/mol. The lowest BCUT2D eigenvalue weighted by molar-refractivity contribution is -0.143. The van der Waals surface area contributed by atoms with E-state index in [0.29, 0.717) is 12.1 Å². The van der Waals surface area contributed by atoms with E-state index in [1.807, 2.05) is 0 Å². The van der Waals surface area contributed by atoms with Gasteiger partial charge in [-0.1, -0.05) is 0 Å². The Hall–Kier alpha value is -1.68. The van der Waals surface area contributed by atoms with Crippen LogP contribution in [0.5, 0.6) is 0 Å². The number of hydrogen-bond donors (Lipinski definition) is 1. The first-order valence-corrected chi connectivity index (χ1v) is 5.92. The fourth-order valence-electron chi connectivity index (χ4n) is 1.67. The van der Waals surface area contributed by atoms with E-state index in [-0.39, 0.29) is 18.9 Å². The summed E-state index contributed by atoms with van der Waals surface area (Å²) in [6.07, 6.45) is -11.1. The van der Waals surface area contributed by atoms with Gasteiger partial charge >= 0.3 is 12.4 Å². The average molecular weight is 310 g/mol. The molecule has 21 heavy (non-hydrogen) atoms. The molecule has 0 radical (unpaired) electrons. The van der Waals surface area contributed by atoms with E-state index in [1.165, 1.54) is 0 Å². The summed E-state index contributed by atoms with van der Waals surface area (Å²) in [5.74, 6) is 5.11. The third-order valence-electron chi connectivity index (χ3n) is 2.71. The standard InChI is InChI=1S/C14H12F6O/c1-2-3-4-5-12(21)9-6-10(13(15,16)17)8-11(7-9)14(18,19)20/h6-8,12,21H,4-5H2,1H3. The first kappa shape index (κ1) is 17.4. The maximum Gasteiger partial charge on any atom is 0.416 e. The Morgan fingerprint density at radius 3 is 1.86 bits per heavy atom. The number of aliphatic hydroxyl groups excluding tert-OH is 1. The molecule has 0 heterocycles. The van der Waals surface area contributed by atoms with Crippen molar-refractivity contribution < 1.29 is 31.4 Å². The van der Waals surface area contributed by atoms with Crippen molar-refractivity contribution in [2.24, 2.45) is 0 Å². The molecule has 1 aromatic rings. The van der Waals surface area contributed by atoms with E-state index in [0.717, 1.165) is 0 Å². The van der Waals surface area contributed by atoms with Crippen LogP contribution in [0.4, 0.5) is 26.3 Å². The summed E-state index contributed by atoms with van der Waals surface area (Å²) in [5, 5.41) is 9.73. The normalized spacial score (nSPS) is 13.5. The van der Waals surface area contributed by atoms with E-state index in [1.54, 1.807) is 6.92 Å². The molecule has 0 fully saturated rings. The van der Waals surface area contributed by atoms with Crippen molar-refractivity contribution in [2.45, 2.75) is 38.2 Å². The van der Waals surface area contributed by atoms with Crippen molar-refractivity contribution in [3.05, 3.63) is 34.9 Å². The number of benzene rings is 1. The molecule has 1 aromatic carbocycles. The van der Waals surface area contributed by atoms with Crippen LogP contribution in [0.25, 0.3) is 0 Å². The lowest BCUT2D eigenvalue weighted by Crippen LogP contribution is -2.13. The van der Waals surface area contributed by atoms with Gasteiger partial charge in [0.2, 0.25) is 0 Å². The molecule has 0 saturated heterocycles. The van der Waals surface area contributed by atoms with Crippen LogP contribution in [-0.2, 0) is 12.4 Å². The highest BCUT2D eigenvalue weighted by Crippen LogP contribution is 2.37. The van der Waals surface area contributed by atoms with Crippen molar-refractivity contribution >= 4 is 0 Å². The Kier molecular flexibility index (Phi) is 5.29. The zero-order chi connectivity index (χ0) is 16.3. The monoisotopic (exact) mass is 310 g/mol. The number of halogens is 6. The Balaban J connectivity index is 3.21. The quantitative estimate of drug-likeness (QED) is 0.641. The third-order valence-corrected chi connectivity index (χ3v) is 2.71. The van der Waals surface area contributed by atoms with E-state index in [4.69, 9.17) is 0 Å². The second kappa shape index (κ2) is 6.39. The molecule has 0 spiro atoms. The molecular formula is C14H12F6O. The molecule has 0 aliphatic rings. The van der Waals surface area contributed by atoms with E-state index < -0.39 is 35.1 Å². The molecule has 0 bridgehead atoms. The highest BCUT2D eigenvalue weighted by atomic mass is 19.4. The van der Waals surface area contributed by atoms with Crippen LogP contribution in [0.3, 0.4) is 0 Å². The van der Waals surface area contributed by atoms with Gasteiger partial charge in [-0.15, -0.1) is 11.8 Å². The van der Waals surface area contributed by atoms with E-state index in [2.05, 4.69) is 11.8 Å². The second-order valence-electron chi connectivity index (χ2n) is 4.32. The summed E-state index contributed by atoms with van der Waals surface area (Å²) in [6, 6.07) is 1.08. The molecule has 0 aromatic heterocycles. The van der Waals surface area contributed by atoms with Crippen LogP contribution in [0, 0.1) is 11.8 Å². The van der Waals surface area contributed by atoms with E-state index in [9.17, 15) is 31.4 Å². The fraction of sp³-hybridized carbons (Fsp3) is 0.429. The van der Waals surface area contributed by atoms with Crippen molar-refractivity contribution in [1.29, 1.82) is 0 Å². The van der Waals surface area contributed by atoms with E-state index >= 15 is 0 Å². The molecule has 0 aliphatic heterocycles. The summed E-state index contributed by atoms with van der Waals surface area (Å²) in [4.78, 5) is 0. The maximum absolute atomic E-state index is 12.6. The van der Waals surface area contributed by atoms with Gasteiger partial charge in [0.1, 0.15) is 0 Å². The molecule has 116 valence electrons. The van der Waals surface area contributed by atoms with Crippen LogP contribution >= 0.6 is 0 Å². The first-order chi connectivity index (χ1) is 9.55. The first-order valence-electron chi connectivity index (χ1n) is 5.92. The molecule has 0 amide bonds. The summed E-state index contributed by atoms with van der Waals surface area (Å²) in [7, 11) is 0. The van der Waals surface area contributed by atoms with Crippen LogP contribution in [0.1, 0.15) is 42.6 Å². The maximum atomic E-state index is 12.6. The van der Waals surface area contributed by atoms with Gasteiger partial charge in [-0.2, -0.15) is 26.3 Å². The van der Waals surface area contributed by atoms with Gasteiger partial charge in [0.25, 0.3) is 0 Å². The molecule has 1 nitrogen and oxygen atoms in total. The van der Waals surface area contributed by atoms with Crippen molar-refractivity contribution in [1.82, 2.24) is 0 Å². The predicted molar refractivity (Wildman–Crippen MR) is 64.1 cm³/mol. The van der Waals surface area contributed by atoms with Gasteiger partial charge in [-0.05, 0) is 37.1 Å². The van der Waals surface area contributed by atoms with Crippen molar-refractivity contribution in [3.63, 3.8) is 0 Å². The second-order valence-corrected chi connectivity index (χ2v) is 4.32. The Morgan fingerprint density at radius 1 is 1.00 bits per heavy atom. The van der Waals surface area contributed by atoms with Crippen molar-refractivity contribution in [2.75, 3.05) is 0 Å². The molecule has 0 aliphatic carbocycles. The molecule has 1 unspecified atom stereocenters. The van der Waals surface area contributed by atoms with Gasteiger partial charge in [0, 0.05) is 6.42 Å². The van der Waals surface area contributed by atoms with Gasteiger partial charge in [-0.3, -0.25) is 0 Å². The summed E-state index contributed by atoms with van der Waals surface area (Å²) < 4.78 is 75.8. The van der Waals surface area contributed by atoms with Gasteiger partial charge in [0.15, 0.2) is 0 Å². The molecule has 7 heteroatoms. The minimum Gasteiger partial charge on any atom is -0.388 e. The SMILES string of the molecule is CC#CCCC(O)c1cc(C(F)(F)F)cc(C(F)(F)F)c1. The minimum atomic E-state index is -4.92. The highest BCUT2D eigenvalue weighted by molar-refractivity contribution is 5.34. The van der Waals surface area contributed by atoms with Gasteiger partial charge in [0.05, 0.1) is 17.2 Å². The van der Waals surface area contributed by atoms with Crippen molar-refractivity contribution in [3.8, 4) is 11.8 Å². The number of aliphatic hydroxyl groups is 1.